The second-order valence-electron chi connectivity index (χ2n) is 2.94. The van der Waals surface area contributed by atoms with E-state index >= 15 is 0 Å². The quantitative estimate of drug-likeness (QED) is 0.390. The molecule has 0 radical (unpaired) electrons. The summed E-state index contributed by atoms with van der Waals surface area (Å²) < 4.78 is 11.6. The second kappa shape index (κ2) is 4.11. The molecule has 9 heteroatoms. The molecule has 0 saturated heterocycles. The zero-order chi connectivity index (χ0) is 11.6. The van der Waals surface area contributed by atoms with E-state index in [4.69, 9.17) is 20.6 Å². The lowest BCUT2D eigenvalue weighted by Crippen LogP contribution is -2.39. The number of nitrogens with one attached hydrogen (secondary N) is 1. The van der Waals surface area contributed by atoms with Crippen LogP contribution < -0.4 is 10.1 Å². The lowest BCUT2D eigenvalue weighted by Gasteiger charge is -2.05. The number of nitrogens with zero attached hydrogens (tertiary/aromatic N) is 1. The van der Waals surface area contributed by atoms with Crippen molar-refractivity contribution in [2.45, 2.75) is 12.5 Å². The molecule has 0 spiro atoms. The molecule has 0 bridgehead atoms. The number of aromatic amines is 1. The number of rotatable bonds is 4. The molecule has 1 atom stereocenters. The molecule has 15 heavy (non-hydrogen) atoms. The highest BCUT2D eigenvalue weighted by Crippen LogP contribution is 2.27. The number of hydrogen-bond acceptors (Lipinski definition) is 3. The monoisotopic (exact) mass is 236 g/mol. The average molecular weight is 236 g/mol. The van der Waals surface area contributed by atoms with Crippen LogP contribution in [-0.2, 0) is 15.8 Å². The topological polar surface area (TPSA) is 141 Å². The molecule has 0 aliphatic heterocycles. The van der Waals surface area contributed by atoms with Gasteiger partial charge in [0.05, 0.1) is 0 Å². The van der Waals surface area contributed by atoms with Gasteiger partial charge in [0, 0.05) is 6.42 Å². The zero-order valence-corrected chi connectivity index (χ0v) is 8.46. The molecule has 1 heterocycles. The minimum absolute atomic E-state index is 0.137. The van der Waals surface area contributed by atoms with Crippen LogP contribution in [0.5, 0.6) is 0 Å². The molecule has 0 fully saturated rings. The highest BCUT2D eigenvalue weighted by atomic mass is 31.2. The van der Waals surface area contributed by atoms with E-state index < -0.39 is 19.8 Å². The summed E-state index contributed by atoms with van der Waals surface area (Å²) in [7, 11) is -4.46. The van der Waals surface area contributed by atoms with E-state index in [9.17, 15) is 9.36 Å². The van der Waals surface area contributed by atoms with Crippen molar-refractivity contribution in [3.63, 3.8) is 0 Å². The van der Waals surface area contributed by atoms with Gasteiger partial charge in [0.25, 0.3) is 0 Å². The third kappa shape index (κ3) is 2.87. The van der Waals surface area contributed by atoms with Crippen molar-refractivity contribution in [2.75, 3.05) is 0 Å². The van der Waals surface area contributed by atoms with Crippen molar-refractivity contribution in [3.8, 4) is 0 Å². The van der Waals surface area contributed by atoms with Crippen LogP contribution in [0.15, 0.2) is 12.5 Å². The lowest BCUT2D eigenvalue weighted by atomic mass is 10.2. The summed E-state index contributed by atoms with van der Waals surface area (Å²) in [5, 5.41) is 8.54. The van der Waals surface area contributed by atoms with Gasteiger partial charge >= 0.3 is 13.7 Å². The number of aliphatic carboxylic acids is 1. The number of aromatic nitrogens is 2. The third-order valence-electron chi connectivity index (χ3n) is 1.77. The van der Waals surface area contributed by atoms with Gasteiger partial charge in [0.1, 0.15) is 12.2 Å². The molecule has 84 valence electrons. The average Bonchev–Trinajstić information content (AvgIpc) is 2.50. The van der Waals surface area contributed by atoms with E-state index in [0.717, 1.165) is 6.33 Å². The van der Waals surface area contributed by atoms with Crippen LogP contribution in [0.4, 0.5) is 0 Å². The molecule has 0 amide bonds. The molecule has 6 N–H and O–H groups in total. The van der Waals surface area contributed by atoms with Gasteiger partial charge in [0.2, 0.25) is 6.33 Å². The van der Waals surface area contributed by atoms with Gasteiger partial charge in [-0.05, 0) is 0 Å². The van der Waals surface area contributed by atoms with Crippen LogP contribution in [0.3, 0.4) is 0 Å². The summed E-state index contributed by atoms with van der Waals surface area (Å²) >= 11 is 0. The smallest absolute Gasteiger partial charge is 0.480 e. The maximum absolute atomic E-state index is 10.9. The summed E-state index contributed by atoms with van der Waals surface area (Å²) in [6.07, 6.45) is 2.19. The van der Waals surface area contributed by atoms with Crippen molar-refractivity contribution in [2.24, 2.45) is 5.73 Å². The van der Waals surface area contributed by atoms with E-state index in [1.54, 1.807) is 0 Å². The fourth-order valence-corrected chi connectivity index (χ4v) is 1.75. The standard InChI is InChI=1S/C6H10N3O5P/c7-5(6(10)11)1-4-2-8-3-9(4)15(12,13)14/h2-3,5H,1,7H2,(H3,10,11,12,13,14)/p+1/t5-/m0/s1. The largest absolute Gasteiger partial charge is 0.522 e. The number of carbonyl (C=O) groups is 1. The Hall–Kier alpha value is -1.21. The van der Waals surface area contributed by atoms with Gasteiger partial charge in [-0.3, -0.25) is 14.6 Å². The fraction of sp³-hybridized carbons (Fsp3) is 0.333. The first kappa shape index (κ1) is 11.9. The first-order valence-corrected chi connectivity index (χ1v) is 5.51. The fourth-order valence-electron chi connectivity index (χ4n) is 1.06. The van der Waals surface area contributed by atoms with Gasteiger partial charge in [-0.2, -0.15) is 0 Å². The Morgan fingerprint density at radius 1 is 1.67 bits per heavy atom. The number of nitrogens with two attached hydrogens (primary N) is 1. The van der Waals surface area contributed by atoms with E-state index in [2.05, 4.69) is 4.98 Å². The minimum atomic E-state index is -4.46. The Balaban J connectivity index is 2.92. The number of imidazole rings is 1. The summed E-state index contributed by atoms with van der Waals surface area (Å²) in [4.78, 5) is 30.7. The first-order valence-electron chi connectivity index (χ1n) is 3.94. The molecule has 0 aromatic carbocycles. The van der Waals surface area contributed by atoms with Crippen LogP contribution in [0, 0.1) is 0 Å². The SMILES string of the molecule is N[C@@H](Cc1c[nH]c[n+]1P(=O)(O)O)C(=O)O. The predicted molar refractivity (Wildman–Crippen MR) is 47.7 cm³/mol. The molecule has 0 saturated carbocycles. The zero-order valence-electron chi connectivity index (χ0n) is 7.57. The number of hydrogen-bond donors (Lipinski definition) is 5. The van der Waals surface area contributed by atoms with Crippen molar-refractivity contribution in [3.05, 3.63) is 18.2 Å². The highest BCUT2D eigenvalue weighted by molar-refractivity contribution is 7.44. The van der Waals surface area contributed by atoms with Crippen molar-refractivity contribution >= 4 is 13.7 Å². The van der Waals surface area contributed by atoms with Gasteiger partial charge in [-0.15, -0.1) is 4.34 Å². The first-order chi connectivity index (χ1) is 6.82. The van der Waals surface area contributed by atoms with E-state index in [1.165, 1.54) is 6.20 Å². The Morgan fingerprint density at radius 2 is 2.27 bits per heavy atom. The van der Waals surface area contributed by atoms with Crippen LogP contribution in [0.1, 0.15) is 5.69 Å². The lowest BCUT2D eigenvalue weighted by molar-refractivity contribution is -0.546. The van der Waals surface area contributed by atoms with Crippen molar-refractivity contribution in [1.82, 2.24) is 4.98 Å². The van der Waals surface area contributed by atoms with Crippen LogP contribution in [-0.4, -0.2) is 31.9 Å². The van der Waals surface area contributed by atoms with Crippen LogP contribution >= 0.6 is 7.75 Å². The van der Waals surface area contributed by atoms with Crippen LogP contribution in [0.25, 0.3) is 0 Å². The summed E-state index contributed by atoms with van der Waals surface area (Å²) in [6, 6.07) is -1.20. The maximum Gasteiger partial charge on any atom is 0.522 e. The number of carboxylic acid groups (broad SMARTS) is 1. The normalized spacial score (nSPS) is 13.8. The number of H-pyrrole nitrogens is 1. The third-order valence-corrected chi connectivity index (χ3v) is 2.70. The van der Waals surface area contributed by atoms with Gasteiger partial charge < -0.3 is 10.8 Å². The number of carboxylic acids is 1. The Bertz CT molecular complexity index is 411. The van der Waals surface area contributed by atoms with Crippen LogP contribution in [0.2, 0.25) is 0 Å². The summed E-state index contributed by atoms with van der Waals surface area (Å²) in [5.41, 5.74) is 5.38. The molecule has 0 unspecified atom stereocenters. The van der Waals surface area contributed by atoms with Gasteiger partial charge in [-0.25, -0.2) is 9.55 Å². The Morgan fingerprint density at radius 3 is 2.73 bits per heavy atom. The second-order valence-corrected chi connectivity index (χ2v) is 4.40. The summed E-state index contributed by atoms with van der Waals surface area (Å²) in [5.74, 6) is -1.23. The molecular weight excluding hydrogens is 225 g/mol. The Labute approximate surface area is 84.6 Å². The Kier molecular flexibility index (Phi) is 3.25. The molecule has 8 nitrogen and oxygen atoms in total. The van der Waals surface area contributed by atoms with Crippen molar-refractivity contribution < 1.29 is 28.6 Å². The van der Waals surface area contributed by atoms with Gasteiger partial charge in [0.15, 0.2) is 5.69 Å². The maximum atomic E-state index is 10.9. The van der Waals surface area contributed by atoms with E-state index in [-0.39, 0.29) is 12.1 Å². The van der Waals surface area contributed by atoms with E-state index in [1.807, 2.05) is 0 Å². The van der Waals surface area contributed by atoms with Gasteiger partial charge in [-0.1, -0.05) is 0 Å². The molecule has 1 aromatic rings. The molecule has 0 aliphatic rings. The molecular formula is C6H11N3O5P+. The highest BCUT2D eigenvalue weighted by Gasteiger charge is 2.29. The summed E-state index contributed by atoms with van der Waals surface area (Å²) in [6.45, 7) is 0. The molecule has 1 aromatic heterocycles. The molecule has 1 rings (SSSR count). The predicted octanol–water partition coefficient (Wildman–Crippen LogP) is -1.80. The molecule has 0 aliphatic carbocycles. The van der Waals surface area contributed by atoms with E-state index in [0.29, 0.717) is 4.34 Å². The van der Waals surface area contributed by atoms with Crippen molar-refractivity contribution in [1.29, 1.82) is 0 Å². The minimum Gasteiger partial charge on any atom is -0.480 e.